The number of hydrogen-bond donors (Lipinski definition) is 2. The van der Waals surface area contributed by atoms with Crippen LogP contribution in [0.3, 0.4) is 0 Å². The third-order valence-electron chi connectivity index (χ3n) is 6.23. The minimum absolute atomic E-state index is 0.110. The molecule has 7 nitrogen and oxygen atoms in total. The second-order valence-electron chi connectivity index (χ2n) is 8.79. The van der Waals surface area contributed by atoms with E-state index in [1.165, 1.54) is 16.9 Å². The summed E-state index contributed by atoms with van der Waals surface area (Å²) in [7, 11) is 0. The van der Waals surface area contributed by atoms with E-state index in [9.17, 15) is 4.79 Å². The number of anilines is 2. The molecular formula is C24H28BrN5O2S. The lowest BCUT2D eigenvalue weighted by Crippen LogP contribution is -2.36. The number of aryl methyl sites for hydroxylation is 1. The highest BCUT2D eigenvalue weighted by molar-refractivity contribution is 9.10. The Morgan fingerprint density at radius 3 is 2.91 bits per heavy atom. The molecule has 33 heavy (non-hydrogen) atoms. The van der Waals surface area contributed by atoms with E-state index in [2.05, 4.69) is 38.4 Å². The second kappa shape index (κ2) is 10.0. The minimum Gasteiger partial charge on any atom is -0.379 e. The first kappa shape index (κ1) is 22.7. The molecule has 1 aliphatic heterocycles. The van der Waals surface area contributed by atoms with E-state index in [4.69, 9.17) is 14.7 Å². The van der Waals surface area contributed by atoms with Gasteiger partial charge in [-0.25, -0.2) is 9.97 Å². The summed E-state index contributed by atoms with van der Waals surface area (Å²) < 4.78 is 6.34. The minimum atomic E-state index is -0.110. The van der Waals surface area contributed by atoms with Crippen LogP contribution < -0.4 is 10.6 Å². The predicted molar refractivity (Wildman–Crippen MR) is 136 cm³/mol. The lowest BCUT2D eigenvalue weighted by Gasteiger charge is -2.26. The number of para-hydroxylation sites is 1. The number of benzene rings is 1. The van der Waals surface area contributed by atoms with Gasteiger partial charge in [0.2, 0.25) is 5.91 Å². The molecule has 174 valence electrons. The first-order chi connectivity index (χ1) is 16.1. The summed E-state index contributed by atoms with van der Waals surface area (Å²) in [4.78, 5) is 27.3. The number of fused-ring (bicyclic) bond motifs is 3. The normalized spacial score (nSPS) is 18.8. The lowest BCUT2D eigenvalue weighted by molar-refractivity contribution is -0.114. The molecule has 0 radical (unpaired) electrons. The van der Waals surface area contributed by atoms with E-state index >= 15 is 0 Å². The van der Waals surface area contributed by atoms with E-state index in [-0.39, 0.29) is 12.5 Å². The van der Waals surface area contributed by atoms with Gasteiger partial charge in [0.1, 0.15) is 16.5 Å². The molecule has 1 aromatic carbocycles. The highest BCUT2D eigenvalue weighted by Crippen LogP contribution is 2.40. The molecule has 1 saturated heterocycles. The number of nitrogens with zero attached hydrogens (tertiary/aromatic N) is 3. The largest absolute Gasteiger partial charge is 0.379 e. The maximum atomic E-state index is 12.7. The van der Waals surface area contributed by atoms with E-state index in [1.54, 1.807) is 11.3 Å². The van der Waals surface area contributed by atoms with Gasteiger partial charge in [0.15, 0.2) is 0 Å². The Balaban J connectivity index is 1.40. The number of thiophene rings is 1. The smallest absolute Gasteiger partial charge is 0.243 e. The number of halogens is 1. The first-order valence-electron chi connectivity index (χ1n) is 11.5. The molecule has 3 aromatic rings. The van der Waals surface area contributed by atoms with Crippen LogP contribution in [0.25, 0.3) is 10.2 Å². The number of ether oxygens (including phenoxy) is 1. The van der Waals surface area contributed by atoms with Crippen molar-refractivity contribution in [2.45, 2.75) is 32.7 Å². The predicted octanol–water partition coefficient (Wildman–Crippen LogP) is 4.46. The van der Waals surface area contributed by atoms with Gasteiger partial charge in [-0.1, -0.05) is 19.1 Å². The average Bonchev–Trinajstić information content (AvgIpc) is 3.17. The Labute approximate surface area is 206 Å². The van der Waals surface area contributed by atoms with Crippen LogP contribution in [0.4, 0.5) is 11.5 Å². The zero-order chi connectivity index (χ0) is 22.8. The molecule has 9 heteroatoms. The molecule has 2 aromatic heterocycles. The van der Waals surface area contributed by atoms with Crippen molar-refractivity contribution in [2.75, 3.05) is 43.5 Å². The molecule has 2 N–H and O–H groups in total. The molecule has 1 atom stereocenters. The zero-order valence-electron chi connectivity index (χ0n) is 18.7. The van der Waals surface area contributed by atoms with Gasteiger partial charge in [-0.3, -0.25) is 9.69 Å². The van der Waals surface area contributed by atoms with Crippen molar-refractivity contribution in [1.82, 2.24) is 14.9 Å². The molecule has 1 fully saturated rings. The number of carbonyl (C=O) groups is 1. The average molecular weight is 530 g/mol. The topological polar surface area (TPSA) is 79.4 Å². The fourth-order valence-corrected chi connectivity index (χ4v) is 6.25. The number of rotatable bonds is 6. The van der Waals surface area contributed by atoms with Crippen LogP contribution in [0, 0.1) is 5.92 Å². The standard InChI is InChI=1S/C24H28BrN5O2S/c1-15-6-7-16-19(12-15)33-24-22(16)23(28-20(29-24)14-30-8-10-32-11-9-30)26-13-21(31)27-18-5-3-2-4-17(18)25/h2-5,15H,6-14H2,1H3,(H,27,31)(H,26,28,29)/t15-/m1/s1. The molecule has 2 aliphatic rings. The zero-order valence-corrected chi connectivity index (χ0v) is 21.1. The maximum absolute atomic E-state index is 12.7. The molecule has 0 saturated carbocycles. The van der Waals surface area contributed by atoms with Crippen LogP contribution in [0.5, 0.6) is 0 Å². The van der Waals surface area contributed by atoms with E-state index < -0.39 is 0 Å². The Kier molecular flexibility index (Phi) is 6.91. The molecule has 5 rings (SSSR count). The third kappa shape index (κ3) is 5.21. The summed E-state index contributed by atoms with van der Waals surface area (Å²) in [5.74, 6) is 2.15. The molecular weight excluding hydrogens is 502 g/mol. The highest BCUT2D eigenvalue weighted by Gasteiger charge is 2.25. The molecule has 1 aliphatic carbocycles. The van der Waals surface area contributed by atoms with Crippen molar-refractivity contribution in [3.8, 4) is 0 Å². The van der Waals surface area contributed by atoms with E-state index in [0.29, 0.717) is 12.5 Å². The van der Waals surface area contributed by atoms with Crippen LogP contribution in [0.15, 0.2) is 28.7 Å². The van der Waals surface area contributed by atoms with Crippen molar-refractivity contribution in [3.05, 3.63) is 45.0 Å². The van der Waals surface area contributed by atoms with Crippen molar-refractivity contribution in [2.24, 2.45) is 5.92 Å². The van der Waals surface area contributed by atoms with Gasteiger partial charge < -0.3 is 15.4 Å². The van der Waals surface area contributed by atoms with Crippen LogP contribution in [0.2, 0.25) is 0 Å². The summed E-state index contributed by atoms with van der Waals surface area (Å²) in [6.45, 7) is 6.41. The van der Waals surface area contributed by atoms with Gasteiger partial charge >= 0.3 is 0 Å². The van der Waals surface area contributed by atoms with Gasteiger partial charge in [-0.05, 0) is 58.8 Å². The lowest BCUT2D eigenvalue weighted by atomic mass is 9.89. The fraction of sp³-hybridized carbons (Fsp3) is 0.458. The number of aromatic nitrogens is 2. The van der Waals surface area contributed by atoms with Crippen LogP contribution in [0.1, 0.15) is 29.6 Å². The fourth-order valence-electron chi connectivity index (χ4n) is 4.47. The molecule has 0 spiro atoms. The first-order valence-corrected chi connectivity index (χ1v) is 13.1. The molecule has 1 amide bonds. The highest BCUT2D eigenvalue weighted by atomic mass is 79.9. The van der Waals surface area contributed by atoms with Gasteiger partial charge in [-0.2, -0.15) is 0 Å². The quantitative estimate of drug-likeness (QED) is 0.490. The Hall–Kier alpha value is -2.07. The second-order valence-corrected chi connectivity index (χ2v) is 10.7. The van der Waals surface area contributed by atoms with Crippen molar-refractivity contribution < 1.29 is 9.53 Å². The van der Waals surface area contributed by atoms with Crippen molar-refractivity contribution >= 4 is 54.9 Å². The summed E-state index contributed by atoms with van der Waals surface area (Å²) >= 11 is 5.27. The molecule has 0 unspecified atom stereocenters. The summed E-state index contributed by atoms with van der Waals surface area (Å²) in [5, 5.41) is 7.40. The Morgan fingerprint density at radius 2 is 2.09 bits per heavy atom. The number of carbonyl (C=O) groups excluding carboxylic acids is 1. The van der Waals surface area contributed by atoms with E-state index in [0.717, 1.165) is 71.2 Å². The number of amides is 1. The van der Waals surface area contributed by atoms with Crippen LogP contribution in [-0.2, 0) is 28.9 Å². The number of morpholine rings is 1. The number of hydrogen-bond acceptors (Lipinski definition) is 7. The van der Waals surface area contributed by atoms with Crippen molar-refractivity contribution in [3.63, 3.8) is 0 Å². The Morgan fingerprint density at radius 1 is 1.27 bits per heavy atom. The van der Waals surface area contributed by atoms with Gasteiger partial charge in [0.25, 0.3) is 0 Å². The van der Waals surface area contributed by atoms with E-state index in [1.807, 2.05) is 24.3 Å². The van der Waals surface area contributed by atoms with Crippen molar-refractivity contribution in [1.29, 1.82) is 0 Å². The number of nitrogens with one attached hydrogen (secondary N) is 2. The van der Waals surface area contributed by atoms with Gasteiger partial charge in [-0.15, -0.1) is 11.3 Å². The molecule has 3 heterocycles. The SMILES string of the molecule is C[C@@H]1CCc2c(sc3nc(CN4CCOCC4)nc(NCC(=O)Nc4ccccc4Br)c23)C1. The third-order valence-corrected chi connectivity index (χ3v) is 8.07. The summed E-state index contributed by atoms with van der Waals surface area (Å²) in [6.07, 6.45) is 3.31. The summed E-state index contributed by atoms with van der Waals surface area (Å²) in [6, 6.07) is 7.61. The van der Waals surface area contributed by atoms with Gasteiger partial charge in [0.05, 0.1) is 37.4 Å². The monoisotopic (exact) mass is 529 g/mol. The summed E-state index contributed by atoms with van der Waals surface area (Å²) in [5.41, 5.74) is 2.12. The van der Waals surface area contributed by atoms with Gasteiger partial charge in [0, 0.05) is 22.4 Å². The molecule has 0 bridgehead atoms. The van der Waals surface area contributed by atoms with Crippen LogP contribution in [-0.4, -0.2) is 53.6 Å². The Bertz CT molecular complexity index is 1160. The van der Waals surface area contributed by atoms with Crippen LogP contribution >= 0.6 is 27.3 Å². The maximum Gasteiger partial charge on any atom is 0.243 e.